The lowest BCUT2D eigenvalue weighted by Crippen LogP contribution is -3.00. The fourth-order valence-electron chi connectivity index (χ4n) is 2.71. The van der Waals surface area contributed by atoms with Crippen molar-refractivity contribution in [1.82, 2.24) is 0 Å². The van der Waals surface area contributed by atoms with Crippen LogP contribution in [0.4, 0.5) is 5.69 Å². The highest BCUT2D eigenvalue weighted by atomic mass is 127. The zero-order valence-corrected chi connectivity index (χ0v) is 13.8. The summed E-state index contributed by atoms with van der Waals surface area (Å²) in [5.41, 5.74) is 7.38. The highest BCUT2D eigenvalue weighted by Crippen LogP contribution is 2.42. The van der Waals surface area contributed by atoms with E-state index in [0.29, 0.717) is 0 Å². The van der Waals surface area contributed by atoms with Crippen molar-refractivity contribution in [2.45, 2.75) is 46.5 Å². The van der Waals surface area contributed by atoms with E-state index >= 15 is 0 Å². The van der Waals surface area contributed by atoms with Crippen molar-refractivity contribution >= 4 is 11.4 Å². The average Bonchev–Trinajstić information content (AvgIpc) is 2.44. The highest BCUT2D eigenvalue weighted by molar-refractivity contribution is 5.93. The number of benzene rings is 1. The van der Waals surface area contributed by atoms with Crippen LogP contribution in [0.5, 0.6) is 0 Å². The van der Waals surface area contributed by atoms with Gasteiger partial charge in [-0.1, -0.05) is 6.92 Å². The predicted octanol–water partition coefficient (Wildman–Crippen LogP) is 0.723. The summed E-state index contributed by atoms with van der Waals surface area (Å²) in [4.78, 5) is 0. The molecule has 1 nitrogen and oxygen atoms in total. The molecule has 1 aromatic carbocycles. The fourth-order valence-corrected chi connectivity index (χ4v) is 2.71. The van der Waals surface area contributed by atoms with Crippen LogP contribution in [0.25, 0.3) is 0 Å². The molecule has 0 fully saturated rings. The summed E-state index contributed by atoms with van der Waals surface area (Å²) < 4.78 is 2.35. The van der Waals surface area contributed by atoms with E-state index < -0.39 is 0 Å². The van der Waals surface area contributed by atoms with E-state index in [1.54, 1.807) is 0 Å². The van der Waals surface area contributed by atoms with E-state index in [2.05, 4.69) is 58.4 Å². The topological polar surface area (TPSA) is 3.01 Å². The molecule has 1 aliphatic heterocycles. The van der Waals surface area contributed by atoms with Crippen molar-refractivity contribution in [3.05, 3.63) is 28.8 Å². The largest absolute Gasteiger partial charge is 1.00 e. The second-order valence-electron chi connectivity index (χ2n) is 5.28. The number of hydrogen-bond acceptors (Lipinski definition) is 0. The van der Waals surface area contributed by atoms with Crippen LogP contribution in [0.3, 0.4) is 0 Å². The first-order valence-electron chi connectivity index (χ1n) is 6.11. The van der Waals surface area contributed by atoms with Gasteiger partial charge in [-0.3, -0.25) is 0 Å². The van der Waals surface area contributed by atoms with E-state index in [0.717, 1.165) is 0 Å². The number of aryl methyl sites for hydroxylation is 2. The van der Waals surface area contributed by atoms with Crippen molar-refractivity contribution in [2.75, 3.05) is 7.05 Å². The van der Waals surface area contributed by atoms with Gasteiger partial charge < -0.3 is 24.0 Å². The minimum Gasteiger partial charge on any atom is -1.00 e. The Kier molecular flexibility index (Phi) is 4.07. The lowest BCUT2D eigenvalue weighted by molar-refractivity contribution is -0.403. The molecule has 0 saturated carbocycles. The van der Waals surface area contributed by atoms with Crippen molar-refractivity contribution in [2.24, 2.45) is 0 Å². The van der Waals surface area contributed by atoms with Gasteiger partial charge in [0.1, 0.15) is 7.05 Å². The first kappa shape index (κ1) is 14.7. The first-order chi connectivity index (χ1) is 7.41. The van der Waals surface area contributed by atoms with Gasteiger partial charge in [-0.25, -0.2) is 4.58 Å². The second kappa shape index (κ2) is 4.71. The summed E-state index contributed by atoms with van der Waals surface area (Å²) in [7, 11) is 2.18. The Morgan fingerprint density at radius 2 is 1.65 bits per heavy atom. The average molecular weight is 343 g/mol. The van der Waals surface area contributed by atoms with Gasteiger partial charge >= 0.3 is 0 Å². The van der Waals surface area contributed by atoms with Crippen molar-refractivity contribution in [3.63, 3.8) is 0 Å². The highest BCUT2D eigenvalue weighted by Gasteiger charge is 2.43. The Bertz CT molecular complexity index is 488. The number of halogens is 1. The maximum absolute atomic E-state index is 2.38. The maximum atomic E-state index is 2.38. The van der Waals surface area contributed by atoms with Gasteiger partial charge in [-0.05, 0) is 44.4 Å². The summed E-state index contributed by atoms with van der Waals surface area (Å²) in [6, 6.07) is 4.70. The zero-order valence-electron chi connectivity index (χ0n) is 11.7. The van der Waals surface area contributed by atoms with Crippen LogP contribution in [0, 0.1) is 13.8 Å². The van der Waals surface area contributed by atoms with Crippen molar-refractivity contribution in [1.29, 1.82) is 0 Å². The second-order valence-corrected chi connectivity index (χ2v) is 5.28. The van der Waals surface area contributed by atoms with Crippen LogP contribution in [0.15, 0.2) is 12.1 Å². The molecule has 1 aliphatic rings. The molecule has 0 aromatic heterocycles. The number of nitrogens with zero attached hydrogens (tertiary/aromatic N) is 1. The standard InChI is InChI=1S/C15H22N.HI/c1-7-15(5)12(4)16(6)14-9-11(3)10(2)8-13(14)15;/h8-9H,7H2,1-6H3;1H/q+1;/p-1. The molecule has 0 amide bonds. The molecule has 0 spiro atoms. The SMILES string of the molecule is CCC1(C)C(C)=[N+](C)c2cc(C)c(C)cc21.[I-]. The molecule has 1 atom stereocenters. The molecule has 0 saturated heterocycles. The monoisotopic (exact) mass is 343 g/mol. The predicted molar refractivity (Wildman–Crippen MR) is 70.1 cm³/mol. The molecule has 17 heavy (non-hydrogen) atoms. The lowest BCUT2D eigenvalue weighted by Gasteiger charge is -2.20. The third-order valence-electron chi connectivity index (χ3n) is 4.58. The number of rotatable bonds is 1. The van der Waals surface area contributed by atoms with Gasteiger partial charge in [0, 0.05) is 18.6 Å². The quantitative estimate of drug-likeness (QED) is 0.522. The lowest BCUT2D eigenvalue weighted by atomic mass is 9.77. The van der Waals surface area contributed by atoms with Crippen LogP contribution < -0.4 is 24.0 Å². The molecular formula is C15H22IN. The molecular weight excluding hydrogens is 321 g/mol. The first-order valence-corrected chi connectivity index (χ1v) is 6.11. The molecule has 1 heterocycles. The molecule has 1 unspecified atom stereocenters. The Labute approximate surface area is 122 Å². The van der Waals surface area contributed by atoms with Gasteiger partial charge in [-0.15, -0.1) is 0 Å². The van der Waals surface area contributed by atoms with E-state index in [1.165, 1.54) is 34.5 Å². The Morgan fingerprint density at radius 3 is 2.18 bits per heavy atom. The van der Waals surface area contributed by atoms with Gasteiger partial charge in [0.15, 0.2) is 5.71 Å². The van der Waals surface area contributed by atoms with Crippen LogP contribution in [0.1, 0.15) is 43.9 Å². The summed E-state index contributed by atoms with van der Waals surface area (Å²) >= 11 is 0. The summed E-state index contributed by atoms with van der Waals surface area (Å²) in [5, 5.41) is 0. The molecule has 0 aliphatic carbocycles. The molecule has 2 heteroatoms. The van der Waals surface area contributed by atoms with Crippen LogP contribution in [0.2, 0.25) is 0 Å². The van der Waals surface area contributed by atoms with E-state index in [-0.39, 0.29) is 29.4 Å². The van der Waals surface area contributed by atoms with Crippen molar-refractivity contribution < 1.29 is 28.6 Å². The zero-order chi connectivity index (χ0) is 12.1. The minimum atomic E-state index is 0. The molecule has 2 rings (SSSR count). The molecule has 0 radical (unpaired) electrons. The number of fused-ring (bicyclic) bond motifs is 1. The summed E-state index contributed by atoms with van der Waals surface area (Å²) in [6.07, 6.45) is 1.17. The summed E-state index contributed by atoms with van der Waals surface area (Å²) in [6.45, 7) is 11.3. The minimum absolute atomic E-state index is 0. The smallest absolute Gasteiger partial charge is 0.209 e. The number of hydrogen-bond donors (Lipinski definition) is 0. The van der Waals surface area contributed by atoms with Gasteiger partial charge in [0.2, 0.25) is 5.69 Å². The molecule has 0 bridgehead atoms. The van der Waals surface area contributed by atoms with E-state index in [9.17, 15) is 0 Å². The van der Waals surface area contributed by atoms with Crippen molar-refractivity contribution in [3.8, 4) is 0 Å². The maximum Gasteiger partial charge on any atom is 0.209 e. The Morgan fingerprint density at radius 1 is 1.12 bits per heavy atom. The normalized spacial score (nSPS) is 22.5. The van der Waals surface area contributed by atoms with Crippen LogP contribution in [-0.4, -0.2) is 17.3 Å². The van der Waals surface area contributed by atoms with Crippen LogP contribution >= 0.6 is 0 Å². The van der Waals surface area contributed by atoms with E-state index in [1.807, 2.05) is 0 Å². The van der Waals surface area contributed by atoms with E-state index in [4.69, 9.17) is 0 Å². The third-order valence-corrected chi connectivity index (χ3v) is 4.58. The third kappa shape index (κ3) is 1.94. The van der Waals surface area contributed by atoms with Gasteiger partial charge in [0.05, 0.1) is 5.41 Å². The molecule has 1 aromatic rings. The Hall–Kier alpha value is -0.380. The van der Waals surface area contributed by atoms with Gasteiger partial charge in [-0.2, -0.15) is 0 Å². The Balaban J connectivity index is 0.00000144. The molecule has 94 valence electrons. The van der Waals surface area contributed by atoms with Gasteiger partial charge in [0.25, 0.3) is 0 Å². The summed E-state index contributed by atoms with van der Waals surface area (Å²) in [5.74, 6) is 0. The van der Waals surface area contributed by atoms with Crippen LogP contribution in [-0.2, 0) is 5.41 Å². The fraction of sp³-hybridized carbons (Fsp3) is 0.533. The molecule has 0 N–H and O–H groups in total.